The number of carbonyl (C=O) groups is 1. The average Bonchev–Trinajstić information content (AvgIpc) is 3.19. The predicted molar refractivity (Wildman–Crippen MR) is 107 cm³/mol. The van der Waals surface area contributed by atoms with Gasteiger partial charge < -0.3 is 5.32 Å². The minimum atomic E-state index is -3.22. The second-order valence-electron chi connectivity index (χ2n) is 7.62. The van der Waals surface area contributed by atoms with Crippen molar-refractivity contribution in [2.75, 3.05) is 31.9 Å². The lowest BCUT2D eigenvalue weighted by Crippen LogP contribution is -2.45. The molecule has 2 saturated heterocycles. The Morgan fingerprint density at radius 1 is 1.15 bits per heavy atom. The van der Waals surface area contributed by atoms with Gasteiger partial charge >= 0.3 is 0 Å². The van der Waals surface area contributed by atoms with Gasteiger partial charge in [-0.2, -0.15) is 0 Å². The predicted octanol–water partition coefficient (Wildman–Crippen LogP) is 1.96. The summed E-state index contributed by atoms with van der Waals surface area (Å²) in [4.78, 5) is 15.0. The topological polar surface area (TPSA) is 69.7 Å². The van der Waals surface area contributed by atoms with Gasteiger partial charge in [0.1, 0.15) is 0 Å². The number of piperidine rings is 1. The summed E-state index contributed by atoms with van der Waals surface area (Å²) in [6.07, 6.45) is 4.04. The Hall–Kier alpha value is -1.44. The molecule has 27 heavy (non-hydrogen) atoms. The number of likely N-dealkylation sites (tertiary alicyclic amines) is 1. The van der Waals surface area contributed by atoms with Crippen molar-refractivity contribution in [2.24, 2.45) is 5.92 Å². The van der Waals surface area contributed by atoms with Crippen molar-refractivity contribution in [3.05, 3.63) is 35.4 Å². The summed E-state index contributed by atoms with van der Waals surface area (Å²) in [5.74, 6) is -0.214. The van der Waals surface area contributed by atoms with E-state index in [4.69, 9.17) is 0 Å². The minimum Gasteiger partial charge on any atom is -0.352 e. The molecule has 7 heteroatoms. The van der Waals surface area contributed by atoms with E-state index in [1.165, 1.54) is 35.8 Å². The Morgan fingerprint density at radius 3 is 2.63 bits per heavy atom. The number of sulfonamides is 1. The molecule has 0 aromatic heterocycles. The highest BCUT2D eigenvalue weighted by Gasteiger charge is 2.31. The number of hydrogen-bond acceptors (Lipinski definition) is 4. The van der Waals surface area contributed by atoms with Crippen LogP contribution in [0.4, 0.5) is 0 Å². The maximum absolute atomic E-state index is 12.6. The molecule has 2 aliphatic heterocycles. The molecule has 0 spiro atoms. The van der Waals surface area contributed by atoms with Gasteiger partial charge in [0, 0.05) is 26.2 Å². The Labute approximate surface area is 163 Å². The van der Waals surface area contributed by atoms with Crippen LogP contribution in [0.25, 0.3) is 0 Å². The molecule has 1 unspecified atom stereocenters. The summed E-state index contributed by atoms with van der Waals surface area (Å²) in [6, 6.07) is 8.37. The molecule has 3 rings (SSSR count). The molecule has 1 N–H and O–H groups in total. The van der Waals surface area contributed by atoms with E-state index in [-0.39, 0.29) is 17.6 Å². The second-order valence-corrected chi connectivity index (χ2v) is 9.88. The van der Waals surface area contributed by atoms with Gasteiger partial charge in [0.15, 0.2) is 0 Å². The lowest BCUT2D eigenvalue weighted by molar-refractivity contribution is -0.126. The van der Waals surface area contributed by atoms with E-state index in [2.05, 4.69) is 22.3 Å². The normalized spacial score (nSPS) is 22.0. The van der Waals surface area contributed by atoms with Gasteiger partial charge in [-0.1, -0.05) is 24.3 Å². The largest absolute Gasteiger partial charge is 0.352 e. The molecule has 0 saturated carbocycles. The van der Waals surface area contributed by atoms with E-state index in [1.54, 1.807) is 6.92 Å². The van der Waals surface area contributed by atoms with Gasteiger partial charge in [-0.3, -0.25) is 9.69 Å². The molecule has 1 aromatic carbocycles. The first-order valence-electron chi connectivity index (χ1n) is 10.0. The van der Waals surface area contributed by atoms with Crippen LogP contribution < -0.4 is 5.32 Å². The molecular formula is C20H31N3O3S. The fourth-order valence-corrected chi connectivity index (χ4v) is 5.14. The van der Waals surface area contributed by atoms with Crippen LogP contribution in [0.5, 0.6) is 0 Å². The van der Waals surface area contributed by atoms with E-state index in [0.717, 1.165) is 24.9 Å². The fraction of sp³-hybridized carbons (Fsp3) is 0.650. The molecule has 2 aliphatic rings. The van der Waals surface area contributed by atoms with Crippen LogP contribution >= 0.6 is 0 Å². The number of carbonyl (C=O) groups excluding carboxylic acids is 1. The number of rotatable bonds is 7. The summed E-state index contributed by atoms with van der Waals surface area (Å²) in [5, 5.41) is 3.01. The summed E-state index contributed by atoms with van der Waals surface area (Å²) < 4.78 is 25.6. The molecule has 2 heterocycles. The van der Waals surface area contributed by atoms with Gasteiger partial charge in [0.05, 0.1) is 11.7 Å². The lowest BCUT2D eigenvalue weighted by atomic mass is 9.98. The zero-order valence-electron chi connectivity index (χ0n) is 16.2. The van der Waals surface area contributed by atoms with Crippen LogP contribution in [0.3, 0.4) is 0 Å². The third-order valence-corrected chi connectivity index (χ3v) is 7.42. The van der Waals surface area contributed by atoms with E-state index in [9.17, 15) is 13.2 Å². The Kier molecular flexibility index (Phi) is 6.89. The van der Waals surface area contributed by atoms with Gasteiger partial charge in [0.2, 0.25) is 15.9 Å². The van der Waals surface area contributed by atoms with E-state index in [1.807, 2.05) is 12.1 Å². The van der Waals surface area contributed by atoms with Crippen molar-refractivity contribution in [1.82, 2.24) is 14.5 Å². The number of nitrogens with zero attached hydrogens (tertiary/aromatic N) is 2. The minimum absolute atomic E-state index is 0.0454. The molecule has 0 bridgehead atoms. The van der Waals surface area contributed by atoms with Crippen molar-refractivity contribution < 1.29 is 13.2 Å². The van der Waals surface area contributed by atoms with Crippen LogP contribution in [0, 0.1) is 5.92 Å². The maximum atomic E-state index is 12.6. The molecule has 2 fully saturated rings. The Balaban J connectivity index is 1.52. The third kappa shape index (κ3) is 5.53. The number of amides is 1. The van der Waals surface area contributed by atoms with Crippen molar-refractivity contribution in [2.45, 2.75) is 45.7 Å². The van der Waals surface area contributed by atoms with E-state index in [0.29, 0.717) is 19.6 Å². The number of nitrogens with one attached hydrogen (secondary N) is 1. The zero-order valence-corrected chi connectivity index (χ0v) is 17.0. The highest BCUT2D eigenvalue weighted by Crippen LogP contribution is 2.20. The SMILES string of the molecule is CCS(=O)(=O)N1CCCC(C(=O)NCc2cccc(CN3CCCC3)c2)C1. The number of benzene rings is 1. The van der Waals surface area contributed by atoms with Crippen LogP contribution in [0.15, 0.2) is 24.3 Å². The molecule has 6 nitrogen and oxygen atoms in total. The van der Waals surface area contributed by atoms with Crippen LogP contribution in [-0.4, -0.2) is 55.5 Å². The fourth-order valence-electron chi connectivity index (χ4n) is 3.96. The van der Waals surface area contributed by atoms with Crippen LogP contribution in [0.2, 0.25) is 0 Å². The summed E-state index contributed by atoms with van der Waals surface area (Å²) in [7, 11) is -3.22. The summed E-state index contributed by atoms with van der Waals surface area (Å²) in [6.45, 7) is 6.27. The molecule has 1 aromatic rings. The maximum Gasteiger partial charge on any atom is 0.224 e. The van der Waals surface area contributed by atoms with Gasteiger partial charge in [0.25, 0.3) is 0 Å². The summed E-state index contributed by atoms with van der Waals surface area (Å²) in [5.41, 5.74) is 2.37. The highest BCUT2D eigenvalue weighted by atomic mass is 32.2. The first-order valence-corrected chi connectivity index (χ1v) is 11.6. The monoisotopic (exact) mass is 393 g/mol. The molecule has 150 valence electrons. The average molecular weight is 394 g/mol. The van der Waals surface area contributed by atoms with Crippen molar-refractivity contribution in [3.8, 4) is 0 Å². The van der Waals surface area contributed by atoms with Crippen molar-refractivity contribution >= 4 is 15.9 Å². The first-order chi connectivity index (χ1) is 13.0. The van der Waals surface area contributed by atoms with Gasteiger partial charge in [-0.05, 0) is 56.8 Å². The zero-order chi connectivity index (χ0) is 19.3. The number of hydrogen-bond donors (Lipinski definition) is 1. The lowest BCUT2D eigenvalue weighted by Gasteiger charge is -2.30. The summed E-state index contributed by atoms with van der Waals surface area (Å²) >= 11 is 0. The van der Waals surface area contributed by atoms with Crippen LogP contribution in [-0.2, 0) is 27.9 Å². The van der Waals surface area contributed by atoms with Gasteiger partial charge in [-0.15, -0.1) is 0 Å². The second kappa shape index (κ2) is 9.17. The van der Waals surface area contributed by atoms with E-state index < -0.39 is 10.0 Å². The highest BCUT2D eigenvalue weighted by molar-refractivity contribution is 7.89. The molecule has 0 radical (unpaired) electrons. The third-order valence-electron chi connectivity index (χ3n) is 5.58. The Bertz CT molecular complexity index is 745. The quantitative estimate of drug-likeness (QED) is 0.769. The molecular weight excluding hydrogens is 362 g/mol. The molecule has 1 amide bonds. The molecule has 1 atom stereocenters. The first kappa shape index (κ1) is 20.3. The Morgan fingerprint density at radius 2 is 1.89 bits per heavy atom. The smallest absolute Gasteiger partial charge is 0.224 e. The van der Waals surface area contributed by atoms with Crippen molar-refractivity contribution in [1.29, 1.82) is 0 Å². The van der Waals surface area contributed by atoms with E-state index >= 15 is 0 Å². The van der Waals surface area contributed by atoms with Crippen molar-refractivity contribution in [3.63, 3.8) is 0 Å². The molecule has 0 aliphatic carbocycles. The van der Waals surface area contributed by atoms with Gasteiger partial charge in [-0.25, -0.2) is 12.7 Å². The van der Waals surface area contributed by atoms with Crippen LogP contribution in [0.1, 0.15) is 43.7 Å². The standard InChI is InChI=1S/C20H31N3O3S/c1-2-27(25,26)23-12-6-9-19(16-23)20(24)21-14-17-7-5-8-18(13-17)15-22-10-3-4-11-22/h5,7-8,13,19H,2-4,6,9-12,14-16H2,1H3,(H,21,24).